The lowest BCUT2D eigenvalue weighted by Gasteiger charge is -2.24. The van der Waals surface area contributed by atoms with Crippen molar-refractivity contribution in [1.29, 1.82) is 0 Å². The monoisotopic (exact) mass is 304 g/mol. The van der Waals surface area contributed by atoms with Gasteiger partial charge in [-0.2, -0.15) is 0 Å². The first-order valence-corrected chi connectivity index (χ1v) is 6.95. The zero-order chi connectivity index (χ0) is 12.7. The molecule has 2 heterocycles. The number of nitrogens with zero attached hydrogens (tertiary/aromatic N) is 2. The van der Waals surface area contributed by atoms with Crippen LogP contribution in [0, 0.1) is 0 Å². The molecule has 96 valence electrons. The number of ether oxygens (including phenoxy) is 1. The lowest BCUT2D eigenvalue weighted by atomic mass is 10.2. The van der Waals surface area contributed by atoms with Crippen LogP contribution in [0.15, 0.2) is 12.1 Å². The predicted molar refractivity (Wildman–Crippen MR) is 73.6 cm³/mol. The summed E-state index contributed by atoms with van der Waals surface area (Å²) in [5, 5.41) is 1.31. The van der Waals surface area contributed by atoms with Gasteiger partial charge >= 0.3 is 0 Å². The molecule has 1 aromatic carbocycles. The van der Waals surface area contributed by atoms with Gasteiger partial charge in [0.2, 0.25) is 5.28 Å². The van der Waals surface area contributed by atoms with E-state index in [4.69, 9.17) is 39.5 Å². The number of hydrogen-bond donors (Lipinski definition) is 0. The zero-order valence-electron chi connectivity index (χ0n) is 9.50. The van der Waals surface area contributed by atoms with Crippen molar-refractivity contribution in [3.05, 3.63) is 27.5 Å². The number of benzene rings is 1. The fourth-order valence-electron chi connectivity index (χ4n) is 2.28. The SMILES string of the molecule is Clc1ccc2c(nc(Cl)n2C2CCCCO2)c1Cl. The summed E-state index contributed by atoms with van der Waals surface area (Å²) >= 11 is 18.3. The Balaban J connectivity index is 2.16. The molecule has 1 saturated heterocycles. The predicted octanol–water partition coefficient (Wildman–Crippen LogP) is 4.70. The molecule has 1 aliphatic rings. The van der Waals surface area contributed by atoms with E-state index in [0.717, 1.165) is 31.4 Å². The quantitative estimate of drug-likeness (QED) is 0.764. The summed E-state index contributed by atoms with van der Waals surface area (Å²) in [5.41, 5.74) is 1.49. The van der Waals surface area contributed by atoms with Gasteiger partial charge in [0, 0.05) is 6.61 Å². The second kappa shape index (κ2) is 4.89. The minimum atomic E-state index is -0.0616. The van der Waals surface area contributed by atoms with Crippen LogP contribution in [0.2, 0.25) is 15.3 Å². The van der Waals surface area contributed by atoms with Crippen LogP contribution < -0.4 is 0 Å². The number of aromatic nitrogens is 2. The van der Waals surface area contributed by atoms with Crippen molar-refractivity contribution in [2.45, 2.75) is 25.5 Å². The van der Waals surface area contributed by atoms with E-state index in [1.165, 1.54) is 0 Å². The topological polar surface area (TPSA) is 27.1 Å². The first kappa shape index (κ1) is 12.5. The summed E-state index contributed by atoms with van der Waals surface area (Å²) in [5.74, 6) is 0. The molecule has 0 bridgehead atoms. The second-order valence-corrected chi connectivity index (χ2v) is 5.42. The van der Waals surface area contributed by atoms with E-state index in [9.17, 15) is 0 Å². The number of rotatable bonds is 1. The highest BCUT2D eigenvalue weighted by Gasteiger charge is 2.22. The van der Waals surface area contributed by atoms with Crippen LogP contribution in [0.4, 0.5) is 0 Å². The van der Waals surface area contributed by atoms with Gasteiger partial charge in [-0.1, -0.05) is 23.2 Å². The summed E-state index contributed by atoms with van der Waals surface area (Å²) in [6.45, 7) is 0.752. The molecule has 1 aromatic heterocycles. The van der Waals surface area contributed by atoms with E-state index in [0.29, 0.717) is 20.8 Å². The van der Waals surface area contributed by atoms with Gasteiger partial charge in [-0.3, -0.25) is 4.57 Å². The van der Waals surface area contributed by atoms with Gasteiger partial charge in [-0.05, 0) is 43.0 Å². The summed E-state index contributed by atoms with van der Waals surface area (Å²) in [6.07, 6.45) is 3.09. The van der Waals surface area contributed by atoms with Crippen LogP contribution in [0.25, 0.3) is 11.0 Å². The normalized spacial score (nSPS) is 20.5. The molecule has 0 saturated carbocycles. The van der Waals surface area contributed by atoms with E-state index in [-0.39, 0.29) is 6.23 Å². The molecule has 0 spiro atoms. The molecule has 6 heteroatoms. The zero-order valence-corrected chi connectivity index (χ0v) is 11.8. The molecule has 1 unspecified atom stereocenters. The third-order valence-corrected chi connectivity index (χ3v) is 4.21. The van der Waals surface area contributed by atoms with Gasteiger partial charge in [0.25, 0.3) is 0 Å². The van der Waals surface area contributed by atoms with Crippen LogP contribution in [-0.2, 0) is 4.74 Å². The van der Waals surface area contributed by atoms with Gasteiger partial charge in [0.15, 0.2) is 0 Å². The molecule has 2 aromatic rings. The van der Waals surface area contributed by atoms with Crippen molar-refractivity contribution in [2.75, 3.05) is 6.61 Å². The van der Waals surface area contributed by atoms with Crippen molar-refractivity contribution in [2.24, 2.45) is 0 Å². The highest BCUT2D eigenvalue weighted by Crippen LogP contribution is 2.36. The third-order valence-electron chi connectivity index (χ3n) is 3.15. The number of hydrogen-bond acceptors (Lipinski definition) is 2. The third kappa shape index (κ3) is 1.99. The molecule has 1 fully saturated rings. The maximum atomic E-state index is 6.20. The molecule has 18 heavy (non-hydrogen) atoms. The fourth-order valence-corrected chi connectivity index (χ4v) is 2.92. The fraction of sp³-hybridized carbons (Fsp3) is 0.417. The molecule has 1 atom stereocenters. The van der Waals surface area contributed by atoms with Crippen molar-refractivity contribution in [3.8, 4) is 0 Å². The highest BCUT2D eigenvalue weighted by atomic mass is 35.5. The van der Waals surface area contributed by atoms with Gasteiger partial charge in [-0.25, -0.2) is 4.98 Å². The summed E-state index contributed by atoms with van der Waals surface area (Å²) in [6, 6.07) is 3.63. The van der Waals surface area contributed by atoms with Crippen LogP contribution in [0.1, 0.15) is 25.5 Å². The summed E-state index contributed by atoms with van der Waals surface area (Å²) < 4.78 is 7.63. The van der Waals surface area contributed by atoms with Crippen LogP contribution >= 0.6 is 34.8 Å². The Morgan fingerprint density at radius 1 is 1.22 bits per heavy atom. The van der Waals surface area contributed by atoms with Crippen molar-refractivity contribution >= 4 is 45.8 Å². The van der Waals surface area contributed by atoms with Gasteiger partial charge in [0.05, 0.1) is 15.6 Å². The first-order valence-electron chi connectivity index (χ1n) is 5.81. The standard InChI is InChI=1S/C12H11Cl3N2O/c13-7-4-5-8-11(10(7)14)16-12(15)17(8)9-3-1-2-6-18-9/h4-5,9H,1-3,6H2. The van der Waals surface area contributed by atoms with Crippen molar-refractivity contribution in [1.82, 2.24) is 9.55 Å². The maximum Gasteiger partial charge on any atom is 0.205 e. The van der Waals surface area contributed by atoms with Crippen LogP contribution in [0.5, 0.6) is 0 Å². The smallest absolute Gasteiger partial charge is 0.205 e. The van der Waals surface area contributed by atoms with Crippen molar-refractivity contribution in [3.63, 3.8) is 0 Å². The lowest BCUT2D eigenvalue weighted by molar-refractivity contribution is -0.0293. The minimum Gasteiger partial charge on any atom is -0.358 e. The average Bonchev–Trinajstić information content (AvgIpc) is 2.72. The van der Waals surface area contributed by atoms with Gasteiger partial charge < -0.3 is 4.74 Å². The van der Waals surface area contributed by atoms with Crippen molar-refractivity contribution < 1.29 is 4.74 Å². The van der Waals surface area contributed by atoms with E-state index < -0.39 is 0 Å². The molecule has 0 aliphatic carbocycles. The lowest BCUT2D eigenvalue weighted by Crippen LogP contribution is -2.18. The Kier molecular flexibility index (Phi) is 3.41. The summed E-state index contributed by atoms with van der Waals surface area (Å²) in [7, 11) is 0. The Bertz CT molecular complexity index is 591. The maximum absolute atomic E-state index is 6.20. The Morgan fingerprint density at radius 3 is 2.78 bits per heavy atom. The second-order valence-electron chi connectivity index (χ2n) is 4.30. The molecule has 0 N–H and O–H groups in total. The molecular formula is C12H11Cl3N2O. The first-order chi connectivity index (χ1) is 8.68. The van der Waals surface area contributed by atoms with Crippen LogP contribution in [0.3, 0.4) is 0 Å². The van der Waals surface area contributed by atoms with E-state index in [1.807, 2.05) is 10.6 Å². The number of fused-ring (bicyclic) bond motifs is 1. The highest BCUT2D eigenvalue weighted by molar-refractivity contribution is 6.45. The minimum absolute atomic E-state index is 0.0616. The van der Waals surface area contributed by atoms with E-state index in [2.05, 4.69) is 4.98 Å². The molecule has 3 rings (SSSR count). The van der Waals surface area contributed by atoms with Crippen LogP contribution in [-0.4, -0.2) is 16.2 Å². The van der Waals surface area contributed by atoms with Gasteiger partial charge in [-0.15, -0.1) is 0 Å². The average molecular weight is 306 g/mol. The summed E-state index contributed by atoms with van der Waals surface area (Å²) in [4.78, 5) is 4.28. The Hall–Kier alpha value is -0.480. The molecule has 0 radical (unpaired) electrons. The molecule has 1 aliphatic heterocycles. The molecular weight excluding hydrogens is 295 g/mol. The number of halogens is 3. The Labute approximate surface area is 120 Å². The molecule has 0 amide bonds. The van der Waals surface area contributed by atoms with Gasteiger partial charge in [0.1, 0.15) is 11.7 Å². The largest absolute Gasteiger partial charge is 0.358 e. The molecule has 3 nitrogen and oxygen atoms in total. The van der Waals surface area contributed by atoms with E-state index >= 15 is 0 Å². The number of imidazole rings is 1. The Morgan fingerprint density at radius 2 is 2.06 bits per heavy atom. The van der Waals surface area contributed by atoms with E-state index in [1.54, 1.807) is 6.07 Å².